The number of nitrogens with zero attached hydrogens (tertiary/aromatic N) is 2. The first-order chi connectivity index (χ1) is 24.2. The fraction of sp³-hybridized carbons (Fsp3) is 0.244. The number of rotatable bonds is 13. The maximum absolute atomic E-state index is 11.9. The second-order valence-corrected chi connectivity index (χ2v) is 16.7. The number of benzene rings is 4. The van der Waals surface area contributed by atoms with Crippen molar-refractivity contribution in [2.45, 2.75) is 37.5 Å². The first-order valence-corrected chi connectivity index (χ1v) is 20.1. The van der Waals surface area contributed by atoms with Crippen LogP contribution in [0.3, 0.4) is 0 Å². The van der Waals surface area contributed by atoms with Crippen molar-refractivity contribution in [2.24, 2.45) is 0 Å². The van der Waals surface area contributed by atoms with Crippen molar-refractivity contribution in [3.05, 3.63) is 145 Å². The molecule has 2 aliphatic heterocycles. The van der Waals surface area contributed by atoms with Gasteiger partial charge >= 0.3 is 0 Å². The third kappa shape index (κ3) is 6.89. The monoisotopic (exact) mass is 723 g/mol. The van der Waals surface area contributed by atoms with E-state index < -0.39 is 42.6 Å². The number of fused-ring (bicyclic) bond motifs is 6. The molecule has 2 aliphatic rings. The Bertz CT molecular complexity index is 2410. The molecule has 8 nitrogen and oxygen atoms in total. The zero-order valence-corrected chi connectivity index (χ0v) is 30.5. The quantitative estimate of drug-likeness (QED) is 0.0621. The summed E-state index contributed by atoms with van der Waals surface area (Å²) >= 11 is 0. The Hall–Kier alpha value is -4.61. The molecule has 2 heterocycles. The molecular formula is C41H43N2O6S2+. The van der Waals surface area contributed by atoms with Crippen molar-refractivity contribution in [2.75, 3.05) is 29.5 Å². The standard InChI is InChI=1S/C41H42N2O6S2/c1-5-24-40(3)36(42(26-28-50(44,45)46)34-22-20-30-14-10-12-16-32(30)38(34)40)18-8-7-9-19-37-41(4,25-6-2)39-33-17-13-11-15-31(33)21-23-35(39)43(37)27-29-51(47,48)49/h5-23H,1-2,24-29H2,3-4H3,(H-,44,45,46,47,48,49)/p+1/t40-,41?/m1/s1. The van der Waals surface area contributed by atoms with Crippen LogP contribution in [0.5, 0.6) is 0 Å². The van der Waals surface area contributed by atoms with Crippen LogP contribution < -0.4 is 4.90 Å². The molecule has 0 saturated heterocycles. The lowest BCUT2D eigenvalue weighted by molar-refractivity contribution is -0.432. The van der Waals surface area contributed by atoms with E-state index in [9.17, 15) is 25.9 Å². The minimum atomic E-state index is -4.23. The van der Waals surface area contributed by atoms with Gasteiger partial charge < -0.3 is 4.90 Å². The summed E-state index contributed by atoms with van der Waals surface area (Å²) in [7, 11) is -8.45. The molecule has 4 aromatic rings. The largest absolute Gasteiger partial charge is 0.343 e. The molecule has 264 valence electrons. The fourth-order valence-electron chi connectivity index (χ4n) is 8.03. The van der Waals surface area contributed by atoms with E-state index >= 15 is 0 Å². The van der Waals surface area contributed by atoms with Gasteiger partial charge in [-0.15, -0.1) is 13.2 Å². The zero-order chi connectivity index (χ0) is 36.6. The van der Waals surface area contributed by atoms with Crippen molar-refractivity contribution in [1.29, 1.82) is 0 Å². The lowest BCUT2D eigenvalue weighted by Crippen LogP contribution is -2.32. The predicted molar refractivity (Wildman–Crippen MR) is 209 cm³/mol. The normalized spacial score (nSPS) is 21.4. The highest BCUT2D eigenvalue weighted by atomic mass is 32.2. The summed E-state index contributed by atoms with van der Waals surface area (Å²) in [5.41, 5.74) is 4.60. The van der Waals surface area contributed by atoms with Crippen LogP contribution in [0.2, 0.25) is 0 Å². The first-order valence-electron chi connectivity index (χ1n) is 16.9. The van der Waals surface area contributed by atoms with E-state index in [2.05, 4.69) is 51.3 Å². The van der Waals surface area contributed by atoms with Gasteiger partial charge in [0.25, 0.3) is 20.2 Å². The second kappa shape index (κ2) is 13.8. The third-order valence-electron chi connectivity index (χ3n) is 10.2. The van der Waals surface area contributed by atoms with Gasteiger partial charge in [0, 0.05) is 41.1 Å². The van der Waals surface area contributed by atoms with Gasteiger partial charge in [0.2, 0.25) is 5.69 Å². The molecule has 0 aliphatic carbocycles. The molecule has 2 atom stereocenters. The summed E-state index contributed by atoms with van der Waals surface area (Å²) in [6.45, 7) is 12.5. The highest BCUT2D eigenvalue weighted by Crippen LogP contribution is 2.53. The molecule has 4 aromatic carbocycles. The highest BCUT2D eigenvalue weighted by Gasteiger charge is 2.48. The maximum Gasteiger partial charge on any atom is 0.271 e. The van der Waals surface area contributed by atoms with E-state index in [1.54, 1.807) is 0 Å². The maximum atomic E-state index is 11.9. The minimum Gasteiger partial charge on any atom is -0.343 e. The van der Waals surface area contributed by atoms with Crippen molar-refractivity contribution in [1.82, 2.24) is 0 Å². The molecule has 0 bridgehead atoms. The van der Waals surface area contributed by atoms with Crippen LogP contribution in [-0.2, 0) is 31.1 Å². The molecule has 2 N–H and O–H groups in total. The van der Waals surface area contributed by atoms with Gasteiger partial charge in [0.05, 0.1) is 11.2 Å². The van der Waals surface area contributed by atoms with Gasteiger partial charge in [0.15, 0.2) is 12.3 Å². The van der Waals surface area contributed by atoms with Gasteiger partial charge in [0.1, 0.15) is 5.75 Å². The lowest BCUT2D eigenvalue weighted by Gasteiger charge is -2.29. The van der Waals surface area contributed by atoms with Crippen LogP contribution >= 0.6 is 0 Å². The Balaban J connectivity index is 1.44. The van der Waals surface area contributed by atoms with Crippen LogP contribution in [0, 0.1) is 0 Å². The second-order valence-electron chi connectivity index (χ2n) is 13.6. The van der Waals surface area contributed by atoms with Gasteiger partial charge in [-0.1, -0.05) is 85.0 Å². The minimum absolute atomic E-state index is 0.0686. The number of hydrogen-bond donors (Lipinski definition) is 2. The summed E-state index contributed by atoms with van der Waals surface area (Å²) < 4.78 is 69.1. The molecule has 0 amide bonds. The van der Waals surface area contributed by atoms with Crippen LogP contribution in [0.15, 0.2) is 134 Å². The van der Waals surface area contributed by atoms with Crippen LogP contribution in [0.25, 0.3) is 21.5 Å². The summed E-state index contributed by atoms with van der Waals surface area (Å²) in [5, 5.41) is 4.29. The van der Waals surface area contributed by atoms with E-state index in [1.807, 2.05) is 101 Å². The lowest BCUT2D eigenvalue weighted by atomic mass is 9.74. The summed E-state index contributed by atoms with van der Waals surface area (Å²) in [4.78, 5) is 1.97. The Kier molecular flexibility index (Phi) is 9.82. The van der Waals surface area contributed by atoms with Crippen LogP contribution in [0.1, 0.15) is 37.8 Å². The topological polar surface area (TPSA) is 115 Å². The van der Waals surface area contributed by atoms with E-state index in [1.165, 1.54) is 0 Å². The summed E-state index contributed by atoms with van der Waals surface area (Å²) in [6.07, 6.45) is 14.6. The number of anilines is 1. The predicted octanol–water partition coefficient (Wildman–Crippen LogP) is 8.05. The number of allylic oxidation sites excluding steroid dienone is 8. The summed E-state index contributed by atoms with van der Waals surface area (Å²) in [6, 6.07) is 24.3. The Morgan fingerprint density at radius 1 is 0.725 bits per heavy atom. The molecule has 0 radical (unpaired) electrons. The van der Waals surface area contributed by atoms with Gasteiger partial charge in [-0.05, 0) is 72.0 Å². The molecule has 6 rings (SSSR count). The molecule has 10 heteroatoms. The van der Waals surface area contributed by atoms with Crippen molar-refractivity contribution in [3.8, 4) is 0 Å². The zero-order valence-electron chi connectivity index (χ0n) is 28.9. The molecule has 0 saturated carbocycles. The van der Waals surface area contributed by atoms with E-state index in [0.29, 0.717) is 12.8 Å². The van der Waals surface area contributed by atoms with Crippen molar-refractivity contribution >= 4 is 58.9 Å². The fourth-order valence-corrected chi connectivity index (χ4v) is 8.86. The SMILES string of the molecule is C=CCC1(C)C(/C=C/C=C/C=C2/N(CCS(=O)(=O)O)c3ccc4ccccc4c3[C@]2(C)CC=C)=[N+](CCS(=O)(=O)O)c2ccc3ccccc3c21. The van der Waals surface area contributed by atoms with Crippen LogP contribution in [-0.4, -0.2) is 60.8 Å². The first kappa shape index (κ1) is 36.2. The van der Waals surface area contributed by atoms with Gasteiger partial charge in [-0.2, -0.15) is 21.4 Å². The van der Waals surface area contributed by atoms with Crippen LogP contribution in [0.4, 0.5) is 11.4 Å². The Morgan fingerprint density at radius 2 is 1.31 bits per heavy atom. The van der Waals surface area contributed by atoms with Crippen molar-refractivity contribution in [3.63, 3.8) is 0 Å². The number of hydrogen-bond acceptors (Lipinski definition) is 5. The molecular weight excluding hydrogens is 681 g/mol. The van der Waals surface area contributed by atoms with Gasteiger partial charge in [-0.25, -0.2) is 0 Å². The Labute approximate surface area is 300 Å². The molecule has 0 spiro atoms. The average molecular weight is 724 g/mol. The highest BCUT2D eigenvalue weighted by molar-refractivity contribution is 7.86. The van der Waals surface area contributed by atoms with E-state index in [4.69, 9.17) is 0 Å². The van der Waals surface area contributed by atoms with E-state index in [-0.39, 0.29) is 13.1 Å². The average Bonchev–Trinajstić information content (AvgIpc) is 3.46. The molecule has 51 heavy (non-hydrogen) atoms. The van der Waals surface area contributed by atoms with Gasteiger partial charge in [-0.3, -0.25) is 9.11 Å². The third-order valence-corrected chi connectivity index (χ3v) is 11.6. The summed E-state index contributed by atoms with van der Waals surface area (Å²) in [5.74, 6) is -0.863. The molecule has 0 fully saturated rings. The van der Waals surface area contributed by atoms with E-state index in [0.717, 1.165) is 55.5 Å². The molecule has 0 aromatic heterocycles. The Morgan fingerprint density at radius 3 is 1.94 bits per heavy atom. The smallest absolute Gasteiger partial charge is 0.271 e. The molecule has 1 unspecified atom stereocenters. The van der Waals surface area contributed by atoms with Crippen molar-refractivity contribution < 1.29 is 30.5 Å².